The normalized spacial score (nSPS) is 48.0. The van der Waals surface area contributed by atoms with E-state index in [-0.39, 0.29) is 5.41 Å². The lowest BCUT2D eigenvalue weighted by Gasteiger charge is -2.49. The Morgan fingerprint density at radius 3 is 2.60 bits per heavy atom. The summed E-state index contributed by atoms with van der Waals surface area (Å²) in [4.78, 5) is 12.7. The quantitative estimate of drug-likeness (QED) is 0.614. The van der Waals surface area contributed by atoms with Gasteiger partial charge in [0, 0.05) is 11.8 Å². The second-order valence-electron chi connectivity index (χ2n) is 8.37. The van der Waals surface area contributed by atoms with Crippen LogP contribution in [0.5, 0.6) is 0 Å². The van der Waals surface area contributed by atoms with E-state index in [0.717, 1.165) is 30.6 Å². The van der Waals surface area contributed by atoms with Crippen molar-refractivity contribution in [1.82, 2.24) is 0 Å². The molecular weight excluding hydrogens is 244 g/mol. The molecule has 0 bridgehead atoms. The highest BCUT2D eigenvalue weighted by Gasteiger charge is 2.56. The fourth-order valence-corrected chi connectivity index (χ4v) is 5.57. The van der Waals surface area contributed by atoms with Crippen molar-refractivity contribution in [3.63, 3.8) is 0 Å². The van der Waals surface area contributed by atoms with Gasteiger partial charge in [-0.25, -0.2) is 0 Å². The zero-order valence-corrected chi connectivity index (χ0v) is 13.6. The average Bonchev–Trinajstić information content (AvgIpc) is 2.67. The molecule has 1 heteroatoms. The van der Waals surface area contributed by atoms with Gasteiger partial charge in [0.25, 0.3) is 0 Å². The maximum atomic E-state index is 12.7. The molecule has 112 valence electrons. The first-order valence-electron chi connectivity index (χ1n) is 8.62. The van der Waals surface area contributed by atoms with Crippen LogP contribution in [0.1, 0.15) is 66.2 Å². The van der Waals surface area contributed by atoms with Crippen molar-refractivity contribution < 1.29 is 4.79 Å². The number of hydrogen-bond donors (Lipinski definition) is 0. The Bertz CT molecular complexity index is 435. The van der Waals surface area contributed by atoms with E-state index in [2.05, 4.69) is 39.8 Å². The largest absolute Gasteiger partial charge is 0.299 e. The number of allylic oxidation sites excluding steroid dienone is 2. The van der Waals surface area contributed by atoms with Crippen LogP contribution in [0.3, 0.4) is 0 Å². The van der Waals surface area contributed by atoms with Gasteiger partial charge in [-0.1, -0.05) is 39.3 Å². The molecule has 0 aromatic heterocycles. The van der Waals surface area contributed by atoms with Gasteiger partial charge in [0.2, 0.25) is 0 Å². The molecule has 3 rings (SSSR count). The van der Waals surface area contributed by atoms with E-state index in [1.54, 1.807) is 0 Å². The number of carbonyl (C=O) groups is 1. The first kappa shape index (κ1) is 14.4. The van der Waals surface area contributed by atoms with E-state index in [9.17, 15) is 4.79 Å². The van der Waals surface area contributed by atoms with E-state index in [1.165, 1.54) is 25.7 Å². The average molecular weight is 274 g/mol. The molecule has 2 saturated carbocycles. The fourth-order valence-electron chi connectivity index (χ4n) is 5.57. The molecule has 0 spiro atoms. The standard InChI is InChI=1S/C19H30O/c1-13(2)14-9-10-18(3)11-12-19(4)15(17(14)18)7-5-6-8-16(19)20/h11-15,17H,5-10H2,1-4H3/t14-,15-,17+,18-,19+/m1/s1. The van der Waals surface area contributed by atoms with Crippen LogP contribution in [0.2, 0.25) is 0 Å². The van der Waals surface area contributed by atoms with E-state index >= 15 is 0 Å². The van der Waals surface area contributed by atoms with Crippen molar-refractivity contribution in [2.75, 3.05) is 0 Å². The molecule has 0 N–H and O–H groups in total. The molecule has 3 aliphatic carbocycles. The van der Waals surface area contributed by atoms with Gasteiger partial charge < -0.3 is 0 Å². The minimum absolute atomic E-state index is 0.168. The predicted octanol–water partition coefficient (Wildman–Crippen LogP) is 5.01. The molecule has 20 heavy (non-hydrogen) atoms. The minimum atomic E-state index is -0.168. The van der Waals surface area contributed by atoms with Gasteiger partial charge in [-0.2, -0.15) is 0 Å². The summed E-state index contributed by atoms with van der Waals surface area (Å²) in [5.74, 6) is 3.37. The Balaban J connectivity index is 2.05. The topological polar surface area (TPSA) is 17.1 Å². The van der Waals surface area contributed by atoms with Crippen LogP contribution >= 0.6 is 0 Å². The lowest BCUT2D eigenvalue weighted by atomic mass is 9.54. The van der Waals surface area contributed by atoms with Gasteiger partial charge in [-0.15, -0.1) is 0 Å². The third kappa shape index (κ3) is 1.92. The molecule has 0 unspecified atom stereocenters. The lowest BCUT2D eigenvalue weighted by molar-refractivity contribution is -0.130. The molecular formula is C19H30O. The molecule has 0 heterocycles. The van der Waals surface area contributed by atoms with Crippen molar-refractivity contribution in [2.24, 2.45) is 34.5 Å². The summed E-state index contributed by atoms with van der Waals surface area (Å²) in [5.41, 5.74) is 0.182. The zero-order valence-electron chi connectivity index (χ0n) is 13.6. The van der Waals surface area contributed by atoms with E-state index in [4.69, 9.17) is 0 Å². The predicted molar refractivity (Wildman–Crippen MR) is 83.4 cm³/mol. The third-order valence-corrected chi connectivity index (χ3v) is 6.88. The van der Waals surface area contributed by atoms with Gasteiger partial charge in [0.05, 0.1) is 0 Å². The molecule has 0 saturated heterocycles. The van der Waals surface area contributed by atoms with Crippen LogP contribution in [0.25, 0.3) is 0 Å². The smallest absolute Gasteiger partial charge is 0.142 e. The molecule has 2 fully saturated rings. The van der Waals surface area contributed by atoms with Gasteiger partial charge in [0.1, 0.15) is 5.78 Å². The third-order valence-electron chi connectivity index (χ3n) is 6.88. The Morgan fingerprint density at radius 2 is 1.90 bits per heavy atom. The molecule has 5 atom stereocenters. The molecule has 3 aliphatic rings. The molecule has 0 aromatic rings. The zero-order chi connectivity index (χ0) is 14.5. The number of Topliss-reactive ketones (excluding diaryl/α,β-unsaturated/α-hetero) is 1. The maximum Gasteiger partial charge on any atom is 0.142 e. The number of ketones is 1. The maximum absolute atomic E-state index is 12.7. The summed E-state index contributed by atoms with van der Waals surface area (Å²) in [6.45, 7) is 9.44. The monoisotopic (exact) mass is 274 g/mol. The second-order valence-corrected chi connectivity index (χ2v) is 8.37. The Kier molecular flexibility index (Phi) is 3.38. The van der Waals surface area contributed by atoms with Crippen LogP contribution in [-0.2, 0) is 4.79 Å². The lowest BCUT2D eigenvalue weighted by Crippen LogP contribution is -2.46. The van der Waals surface area contributed by atoms with Gasteiger partial charge in [0.15, 0.2) is 0 Å². The van der Waals surface area contributed by atoms with Crippen molar-refractivity contribution in [3.05, 3.63) is 12.2 Å². The summed E-state index contributed by atoms with van der Waals surface area (Å²) in [5, 5.41) is 0. The van der Waals surface area contributed by atoms with E-state index in [1.807, 2.05) is 0 Å². The summed E-state index contributed by atoms with van der Waals surface area (Å²) in [6.07, 6.45) is 11.8. The van der Waals surface area contributed by atoms with Crippen molar-refractivity contribution in [2.45, 2.75) is 66.2 Å². The first-order chi connectivity index (χ1) is 9.38. The summed E-state index contributed by atoms with van der Waals surface area (Å²) >= 11 is 0. The highest BCUT2D eigenvalue weighted by molar-refractivity contribution is 5.87. The van der Waals surface area contributed by atoms with E-state index in [0.29, 0.717) is 17.1 Å². The number of hydrogen-bond acceptors (Lipinski definition) is 1. The SMILES string of the molecule is CC(C)[C@H]1CC[C@]2(C)C=C[C@]3(C)C(=O)CCCC[C@@H]3[C@H]12. The van der Waals surface area contributed by atoms with Crippen molar-refractivity contribution in [1.29, 1.82) is 0 Å². The first-order valence-corrected chi connectivity index (χ1v) is 8.62. The van der Waals surface area contributed by atoms with Gasteiger partial charge >= 0.3 is 0 Å². The summed E-state index contributed by atoms with van der Waals surface area (Å²) in [7, 11) is 0. The number of fused-ring (bicyclic) bond motifs is 3. The highest BCUT2D eigenvalue weighted by Crippen LogP contribution is 2.62. The molecule has 1 nitrogen and oxygen atoms in total. The Hall–Kier alpha value is -0.590. The van der Waals surface area contributed by atoms with E-state index < -0.39 is 0 Å². The molecule has 0 amide bonds. The summed E-state index contributed by atoms with van der Waals surface area (Å²) < 4.78 is 0. The minimum Gasteiger partial charge on any atom is -0.299 e. The van der Waals surface area contributed by atoms with Crippen LogP contribution in [0.4, 0.5) is 0 Å². The van der Waals surface area contributed by atoms with Crippen LogP contribution in [0, 0.1) is 34.5 Å². The second kappa shape index (κ2) is 4.71. The van der Waals surface area contributed by atoms with Gasteiger partial charge in [-0.3, -0.25) is 4.79 Å². The molecule has 0 radical (unpaired) electrons. The van der Waals surface area contributed by atoms with Crippen molar-refractivity contribution in [3.8, 4) is 0 Å². The summed E-state index contributed by atoms with van der Waals surface area (Å²) in [6, 6.07) is 0. The Labute approximate surface area is 124 Å². The van der Waals surface area contributed by atoms with Crippen LogP contribution in [0.15, 0.2) is 12.2 Å². The molecule has 0 aliphatic heterocycles. The van der Waals surface area contributed by atoms with Crippen LogP contribution < -0.4 is 0 Å². The number of carbonyl (C=O) groups excluding carboxylic acids is 1. The molecule has 0 aromatic carbocycles. The Morgan fingerprint density at radius 1 is 1.15 bits per heavy atom. The fraction of sp³-hybridized carbons (Fsp3) is 0.842. The van der Waals surface area contributed by atoms with Gasteiger partial charge in [-0.05, 0) is 61.7 Å². The highest BCUT2D eigenvalue weighted by atomic mass is 16.1. The van der Waals surface area contributed by atoms with Crippen molar-refractivity contribution >= 4 is 5.78 Å². The number of rotatable bonds is 1. The van der Waals surface area contributed by atoms with Crippen LogP contribution in [-0.4, -0.2) is 5.78 Å².